The molecule has 2 atom stereocenters. The summed E-state index contributed by atoms with van der Waals surface area (Å²) in [5.74, 6) is 0.925. The smallest absolute Gasteiger partial charge is 0.229 e. The van der Waals surface area contributed by atoms with Crippen LogP contribution in [0.25, 0.3) is 0 Å². The van der Waals surface area contributed by atoms with E-state index in [0.717, 1.165) is 54.1 Å². The van der Waals surface area contributed by atoms with Crippen LogP contribution >= 0.6 is 0 Å². The molecule has 3 rings (SSSR count). The largest absolute Gasteiger partial charge is 0.356 e. The van der Waals surface area contributed by atoms with Crippen LogP contribution in [-0.4, -0.2) is 46.3 Å². The lowest BCUT2D eigenvalue weighted by Crippen LogP contribution is -2.41. The minimum absolute atomic E-state index is 0.00809. The zero-order valence-corrected chi connectivity index (χ0v) is 19.1. The van der Waals surface area contributed by atoms with Crippen LogP contribution in [-0.2, 0) is 16.0 Å². The number of amides is 2. The van der Waals surface area contributed by atoms with Crippen LogP contribution in [0.4, 0.5) is 0 Å². The van der Waals surface area contributed by atoms with Crippen LogP contribution in [0.3, 0.4) is 0 Å². The molecule has 2 amide bonds. The Balaban J connectivity index is 1.71. The van der Waals surface area contributed by atoms with Crippen molar-refractivity contribution < 1.29 is 9.59 Å². The fourth-order valence-electron chi connectivity index (χ4n) is 4.24. The first-order valence-electron chi connectivity index (χ1n) is 11.3. The Hall–Kier alpha value is -2.76. The van der Waals surface area contributed by atoms with Crippen LogP contribution in [0.15, 0.2) is 30.3 Å². The Kier molecular flexibility index (Phi) is 7.77. The first-order chi connectivity index (χ1) is 14.9. The van der Waals surface area contributed by atoms with Crippen molar-refractivity contribution in [3.8, 4) is 0 Å². The van der Waals surface area contributed by atoms with Crippen molar-refractivity contribution in [3.63, 3.8) is 0 Å². The quantitative estimate of drug-likeness (QED) is 0.739. The Morgan fingerprint density at radius 3 is 2.48 bits per heavy atom. The molecule has 0 saturated carbocycles. The van der Waals surface area contributed by atoms with Gasteiger partial charge in [-0.05, 0) is 45.6 Å². The second-order valence-electron chi connectivity index (χ2n) is 8.51. The van der Waals surface area contributed by atoms with E-state index < -0.39 is 0 Å². The van der Waals surface area contributed by atoms with Gasteiger partial charge in [-0.1, -0.05) is 37.3 Å². The summed E-state index contributed by atoms with van der Waals surface area (Å²) in [5, 5.41) is 2.92. The van der Waals surface area contributed by atoms with Crippen molar-refractivity contribution in [2.75, 3.05) is 19.6 Å². The number of carbonyl (C=O) groups excluding carboxylic acids is 2. The number of nitrogens with one attached hydrogen (secondary N) is 1. The molecule has 0 unspecified atom stereocenters. The molecule has 2 heterocycles. The standard InChI is InChI=1S/C25H34N4O2/c1-5-13-26-23(30)15-22-18(3)27-24(28-19(22)4)21-12-9-14-29(16-21)25(31)17(2)20-10-7-6-8-11-20/h6-8,10-11,17,21H,5,9,12-16H2,1-4H3,(H,26,30)/t17-,21-/m1/s1. The zero-order chi connectivity index (χ0) is 22.4. The number of hydrogen-bond acceptors (Lipinski definition) is 4. The molecule has 1 aliphatic heterocycles. The van der Waals surface area contributed by atoms with E-state index >= 15 is 0 Å². The van der Waals surface area contributed by atoms with Crippen molar-refractivity contribution in [1.82, 2.24) is 20.2 Å². The fourth-order valence-corrected chi connectivity index (χ4v) is 4.24. The summed E-state index contributed by atoms with van der Waals surface area (Å²) in [5.41, 5.74) is 3.66. The molecule has 1 aromatic heterocycles. The average Bonchev–Trinajstić information content (AvgIpc) is 2.79. The number of rotatable bonds is 7. The highest BCUT2D eigenvalue weighted by molar-refractivity contribution is 5.83. The van der Waals surface area contributed by atoms with Gasteiger partial charge in [-0.2, -0.15) is 0 Å². The van der Waals surface area contributed by atoms with Crippen molar-refractivity contribution in [2.45, 2.75) is 65.2 Å². The second-order valence-corrected chi connectivity index (χ2v) is 8.51. The van der Waals surface area contributed by atoms with E-state index in [9.17, 15) is 9.59 Å². The van der Waals surface area contributed by atoms with Gasteiger partial charge in [-0.15, -0.1) is 0 Å². The third-order valence-corrected chi connectivity index (χ3v) is 6.12. The maximum Gasteiger partial charge on any atom is 0.229 e. The molecule has 6 heteroatoms. The lowest BCUT2D eigenvalue weighted by molar-refractivity contribution is -0.133. The number of likely N-dealkylation sites (tertiary alicyclic amines) is 1. The van der Waals surface area contributed by atoms with Crippen molar-refractivity contribution in [2.24, 2.45) is 0 Å². The number of carbonyl (C=O) groups is 2. The monoisotopic (exact) mass is 422 g/mol. The predicted molar refractivity (Wildman–Crippen MR) is 122 cm³/mol. The summed E-state index contributed by atoms with van der Waals surface area (Å²) < 4.78 is 0. The summed E-state index contributed by atoms with van der Waals surface area (Å²) in [4.78, 5) is 36.7. The van der Waals surface area contributed by atoms with Crippen molar-refractivity contribution in [1.29, 1.82) is 0 Å². The van der Waals surface area contributed by atoms with Crippen LogP contribution in [0, 0.1) is 13.8 Å². The molecule has 0 spiro atoms. The van der Waals surface area contributed by atoms with E-state index in [2.05, 4.69) is 5.32 Å². The maximum atomic E-state index is 13.1. The highest BCUT2D eigenvalue weighted by Crippen LogP contribution is 2.28. The van der Waals surface area contributed by atoms with E-state index in [4.69, 9.17) is 9.97 Å². The summed E-state index contributed by atoms with van der Waals surface area (Å²) in [6.07, 6.45) is 3.14. The van der Waals surface area contributed by atoms with Crippen LogP contribution < -0.4 is 5.32 Å². The number of hydrogen-bond donors (Lipinski definition) is 1. The second kappa shape index (κ2) is 10.5. The number of aryl methyl sites for hydroxylation is 2. The molecular weight excluding hydrogens is 388 g/mol. The molecule has 1 fully saturated rings. The van der Waals surface area contributed by atoms with Gasteiger partial charge in [-0.25, -0.2) is 9.97 Å². The SMILES string of the molecule is CCCNC(=O)Cc1c(C)nc([C@@H]2CCCN(C(=O)[C@H](C)c3ccccc3)C2)nc1C. The average molecular weight is 423 g/mol. The van der Waals surface area contributed by atoms with Gasteiger partial charge in [0, 0.05) is 42.5 Å². The lowest BCUT2D eigenvalue weighted by Gasteiger charge is -2.34. The van der Waals surface area contributed by atoms with Crippen LogP contribution in [0.2, 0.25) is 0 Å². The molecular formula is C25H34N4O2. The molecule has 31 heavy (non-hydrogen) atoms. The Morgan fingerprint density at radius 1 is 1.16 bits per heavy atom. The normalized spacial score (nSPS) is 17.3. The molecule has 1 saturated heterocycles. The minimum Gasteiger partial charge on any atom is -0.356 e. The highest BCUT2D eigenvalue weighted by Gasteiger charge is 2.30. The van der Waals surface area contributed by atoms with E-state index in [-0.39, 0.29) is 23.7 Å². The first kappa shape index (κ1) is 22.9. The van der Waals surface area contributed by atoms with Gasteiger partial charge in [0.05, 0.1) is 12.3 Å². The molecule has 2 aromatic rings. The fraction of sp³-hybridized carbons (Fsp3) is 0.520. The number of aromatic nitrogens is 2. The molecule has 0 radical (unpaired) electrons. The summed E-state index contributed by atoms with van der Waals surface area (Å²) in [7, 11) is 0. The Labute approximate surface area is 185 Å². The molecule has 1 aromatic carbocycles. The van der Waals surface area contributed by atoms with Gasteiger partial charge in [0.15, 0.2) is 0 Å². The summed E-state index contributed by atoms with van der Waals surface area (Å²) in [6.45, 7) is 10.0. The molecule has 6 nitrogen and oxygen atoms in total. The van der Waals surface area contributed by atoms with Crippen molar-refractivity contribution in [3.05, 3.63) is 58.7 Å². The molecule has 1 N–H and O–H groups in total. The van der Waals surface area contributed by atoms with Gasteiger partial charge >= 0.3 is 0 Å². The molecule has 0 aliphatic carbocycles. The van der Waals surface area contributed by atoms with E-state index in [1.807, 2.05) is 62.9 Å². The van der Waals surface area contributed by atoms with Gasteiger partial charge in [0.25, 0.3) is 0 Å². The topological polar surface area (TPSA) is 75.2 Å². The van der Waals surface area contributed by atoms with Gasteiger partial charge < -0.3 is 10.2 Å². The molecule has 0 bridgehead atoms. The third-order valence-electron chi connectivity index (χ3n) is 6.12. The molecule has 1 aliphatic rings. The van der Waals surface area contributed by atoms with E-state index in [0.29, 0.717) is 19.5 Å². The van der Waals surface area contributed by atoms with Crippen LogP contribution in [0.1, 0.15) is 73.3 Å². The Bertz CT molecular complexity index is 890. The lowest BCUT2D eigenvalue weighted by atomic mass is 9.93. The van der Waals surface area contributed by atoms with E-state index in [1.165, 1.54) is 0 Å². The highest BCUT2D eigenvalue weighted by atomic mass is 16.2. The number of nitrogens with zero attached hydrogens (tertiary/aromatic N) is 3. The minimum atomic E-state index is -0.159. The van der Waals surface area contributed by atoms with Gasteiger partial charge in [0.2, 0.25) is 11.8 Å². The molecule has 166 valence electrons. The third kappa shape index (κ3) is 5.69. The van der Waals surface area contributed by atoms with E-state index in [1.54, 1.807) is 0 Å². The van der Waals surface area contributed by atoms with Crippen molar-refractivity contribution >= 4 is 11.8 Å². The number of benzene rings is 1. The predicted octanol–water partition coefficient (Wildman–Crippen LogP) is 3.67. The summed E-state index contributed by atoms with van der Waals surface area (Å²) in [6, 6.07) is 9.93. The van der Waals surface area contributed by atoms with Gasteiger partial charge in [0.1, 0.15) is 5.82 Å². The Morgan fingerprint density at radius 2 is 1.84 bits per heavy atom. The summed E-state index contributed by atoms with van der Waals surface area (Å²) >= 11 is 0. The number of piperidine rings is 1. The zero-order valence-electron chi connectivity index (χ0n) is 19.1. The maximum absolute atomic E-state index is 13.1. The van der Waals surface area contributed by atoms with Crippen LogP contribution in [0.5, 0.6) is 0 Å². The first-order valence-corrected chi connectivity index (χ1v) is 11.3. The van der Waals surface area contributed by atoms with Gasteiger partial charge in [-0.3, -0.25) is 9.59 Å².